The number of rotatable bonds is 4. The van der Waals surface area contributed by atoms with Crippen LogP contribution in [0.5, 0.6) is 5.75 Å². The van der Waals surface area contributed by atoms with Gasteiger partial charge in [0, 0.05) is 18.1 Å². The van der Waals surface area contributed by atoms with Crippen molar-refractivity contribution < 1.29 is 19.1 Å². The number of benzene rings is 1. The number of ether oxygens (including phenoxy) is 1. The SMILES string of the molecule is CC(C)(Oc1ccc(Cl)cc1)C(=O)N1CC(N2C(=O)CNC2=O)C1. The molecule has 128 valence electrons. The molecule has 3 rings (SSSR count). The highest BCUT2D eigenvalue weighted by Crippen LogP contribution is 2.26. The Morgan fingerprint density at radius 2 is 1.88 bits per heavy atom. The Labute approximate surface area is 144 Å². The van der Waals surface area contributed by atoms with Crippen molar-refractivity contribution >= 4 is 29.4 Å². The van der Waals surface area contributed by atoms with Crippen molar-refractivity contribution in [2.75, 3.05) is 19.6 Å². The van der Waals surface area contributed by atoms with E-state index in [4.69, 9.17) is 16.3 Å². The fourth-order valence-corrected chi connectivity index (χ4v) is 2.94. The fraction of sp³-hybridized carbons (Fsp3) is 0.438. The largest absolute Gasteiger partial charge is 0.478 e. The summed E-state index contributed by atoms with van der Waals surface area (Å²) in [6.07, 6.45) is 0. The first-order chi connectivity index (χ1) is 11.3. The van der Waals surface area contributed by atoms with Crippen molar-refractivity contribution in [3.63, 3.8) is 0 Å². The highest BCUT2D eigenvalue weighted by molar-refractivity contribution is 6.30. The van der Waals surface area contributed by atoms with Gasteiger partial charge in [-0.1, -0.05) is 11.6 Å². The Bertz CT molecular complexity index is 667. The van der Waals surface area contributed by atoms with Gasteiger partial charge in [-0.15, -0.1) is 0 Å². The van der Waals surface area contributed by atoms with E-state index in [-0.39, 0.29) is 24.4 Å². The number of carbonyl (C=O) groups excluding carboxylic acids is 3. The molecule has 2 fully saturated rings. The first-order valence-corrected chi connectivity index (χ1v) is 7.99. The zero-order valence-electron chi connectivity index (χ0n) is 13.4. The summed E-state index contributed by atoms with van der Waals surface area (Å²) in [7, 11) is 0. The lowest BCUT2D eigenvalue weighted by molar-refractivity contribution is -0.154. The highest BCUT2D eigenvalue weighted by atomic mass is 35.5. The van der Waals surface area contributed by atoms with Gasteiger partial charge in [0.1, 0.15) is 5.75 Å². The number of imide groups is 1. The molecular weight excluding hydrogens is 334 g/mol. The summed E-state index contributed by atoms with van der Waals surface area (Å²) < 4.78 is 5.77. The summed E-state index contributed by atoms with van der Waals surface area (Å²) in [6.45, 7) is 4.04. The van der Waals surface area contributed by atoms with Gasteiger partial charge in [0.15, 0.2) is 5.60 Å². The van der Waals surface area contributed by atoms with Gasteiger partial charge >= 0.3 is 6.03 Å². The highest BCUT2D eigenvalue weighted by Gasteiger charge is 2.46. The third-order valence-electron chi connectivity index (χ3n) is 4.09. The molecule has 0 spiro atoms. The normalized spacial score (nSPS) is 18.5. The Morgan fingerprint density at radius 3 is 2.42 bits per heavy atom. The molecule has 0 saturated carbocycles. The van der Waals surface area contributed by atoms with E-state index in [1.165, 1.54) is 4.90 Å². The molecule has 0 aliphatic carbocycles. The number of likely N-dealkylation sites (tertiary alicyclic amines) is 1. The molecule has 7 nitrogen and oxygen atoms in total. The second kappa shape index (κ2) is 5.98. The van der Waals surface area contributed by atoms with Crippen LogP contribution in [-0.2, 0) is 9.59 Å². The summed E-state index contributed by atoms with van der Waals surface area (Å²) in [5.74, 6) is 0.0958. The predicted octanol–water partition coefficient (Wildman–Crippen LogP) is 1.26. The van der Waals surface area contributed by atoms with Gasteiger partial charge in [-0.25, -0.2) is 4.79 Å². The first-order valence-electron chi connectivity index (χ1n) is 7.62. The number of amides is 4. The standard InChI is InChI=1S/C16H18ClN3O4/c1-16(2,24-12-5-3-10(17)4-6-12)14(22)19-8-11(9-19)20-13(21)7-18-15(20)23/h3-6,11H,7-9H2,1-2H3,(H,18,23). The molecule has 4 amide bonds. The Balaban J connectivity index is 1.59. The number of hydrogen-bond acceptors (Lipinski definition) is 4. The van der Waals surface area contributed by atoms with Gasteiger partial charge < -0.3 is 15.0 Å². The number of hydrogen-bond donors (Lipinski definition) is 1. The first kappa shape index (κ1) is 16.6. The van der Waals surface area contributed by atoms with E-state index >= 15 is 0 Å². The van der Waals surface area contributed by atoms with E-state index in [0.717, 1.165) is 0 Å². The number of halogens is 1. The zero-order valence-corrected chi connectivity index (χ0v) is 14.2. The summed E-state index contributed by atoms with van der Waals surface area (Å²) >= 11 is 5.83. The second-order valence-electron chi connectivity index (χ2n) is 6.35. The molecule has 8 heteroatoms. The van der Waals surface area contributed by atoms with Crippen molar-refractivity contribution in [1.29, 1.82) is 0 Å². The molecule has 2 aliphatic rings. The van der Waals surface area contributed by atoms with Crippen LogP contribution in [0, 0.1) is 0 Å². The van der Waals surface area contributed by atoms with Crippen molar-refractivity contribution in [2.45, 2.75) is 25.5 Å². The molecule has 0 radical (unpaired) electrons. The lowest BCUT2D eigenvalue weighted by atomic mass is 10.0. The van der Waals surface area contributed by atoms with Gasteiger partial charge in [0.2, 0.25) is 5.91 Å². The maximum atomic E-state index is 12.6. The monoisotopic (exact) mass is 351 g/mol. The van der Waals surface area contributed by atoms with Crippen LogP contribution in [-0.4, -0.2) is 58.9 Å². The smallest absolute Gasteiger partial charge is 0.324 e. The molecule has 0 atom stereocenters. The summed E-state index contributed by atoms with van der Waals surface area (Å²) in [4.78, 5) is 38.7. The van der Waals surface area contributed by atoms with Crippen LogP contribution in [0.2, 0.25) is 5.02 Å². The van der Waals surface area contributed by atoms with Crippen molar-refractivity contribution in [3.8, 4) is 5.75 Å². The van der Waals surface area contributed by atoms with Crippen LogP contribution in [0.15, 0.2) is 24.3 Å². The van der Waals surface area contributed by atoms with Crippen LogP contribution in [0.4, 0.5) is 4.79 Å². The van der Waals surface area contributed by atoms with E-state index in [1.54, 1.807) is 43.0 Å². The molecular formula is C16H18ClN3O4. The second-order valence-corrected chi connectivity index (χ2v) is 6.79. The predicted molar refractivity (Wildman–Crippen MR) is 86.8 cm³/mol. The minimum atomic E-state index is -1.06. The third-order valence-corrected chi connectivity index (χ3v) is 4.35. The van der Waals surface area contributed by atoms with Crippen LogP contribution >= 0.6 is 11.6 Å². The topological polar surface area (TPSA) is 79.0 Å². The number of nitrogens with one attached hydrogen (secondary N) is 1. The lowest BCUT2D eigenvalue weighted by Gasteiger charge is -2.45. The molecule has 24 heavy (non-hydrogen) atoms. The zero-order chi connectivity index (χ0) is 17.5. The molecule has 1 N–H and O–H groups in total. The number of carbonyl (C=O) groups is 3. The van der Waals surface area contributed by atoms with Crippen molar-refractivity contribution in [1.82, 2.24) is 15.1 Å². The molecule has 2 saturated heterocycles. The van der Waals surface area contributed by atoms with Gasteiger partial charge in [-0.3, -0.25) is 14.5 Å². The average molecular weight is 352 g/mol. The summed E-state index contributed by atoms with van der Waals surface area (Å²) in [6, 6.07) is 6.11. The van der Waals surface area contributed by atoms with E-state index < -0.39 is 11.6 Å². The van der Waals surface area contributed by atoms with Crippen LogP contribution in [0.3, 0.4) is 0 Å². The van der Waals surface area contributed by atoms with E-state index in [0.29, 0.717) is 23.9 Å². The summed E-state index contributed by atoms with van der Waals surface area (Å²) in [5, 5.41) is 3.07. The fourth-order valence-electron chi connectivity index (χ4n) is 2.81. The van der Waals surface area contributed by atoms with Crippen molar-refractivity contribution in [3.05, 3.63) is 29.3 Å². The third kappa shape index (κ3) is 3.03. The van der Waals surface area contributed by atoms with Gasteiger partial charge in [0.25, 0.3) is 5.91 Å². The van der Waals surface area contributed by atoms with Crippen LogP contribution < -0.4 is 10.1 Å². The molecule has 2 heterocycles. The Hall–Kier alpha value is -2.28. The molecule has 1 aromatic carbocycles. The molecule has 1 aromatic rings. The molecule has 0 aromatic heterocycles. The maximum Gasteiger partial charge on any atom is 0.324 e. The van der Waals surface area contributed by atoms with E-state index in [2.05, 4.69) is 5.32 Å². The van der Waals surface area contributed by atoms with Crippen LogP contribution in [0.25, 0.3) is 0 Å². The van der Waals surface area contributed by atoms with Crippen molar-refractivity contribution in [2.24, 2.45) is 0 Å². The minimum Gasteiger partial charge on any atom is -0.478 e. The number of urea groups is 1. The quantitative estimate of drug-likeness (QED) is 0.828. The van der Waals surface area contributed by atoms with E-state index in [1.807, 2.05) is 0 Å². The average Bonchev–Trinajstić information content (AvgIpc) is 2.80. The molecule has 0 unspecified atom stereocenters. The van der Waals surface area contributed by atoms with E-state index in [9.17, 15) is 14.4 Å². The Morgan fingerprint density at radius 1 is 1.25 bits per heavy atom. The van der Waals surface area contributed by atoms with Gasteiger partial charge in [-0.05, 0) is 38.1 Å². The minimum absolute atomic E-state index is 0.0223. The molecule has 2 aliphatic heterocycles. The Kier molecular flexibility index (Phi) is 4.13. The molecule has 0 bridgehead atoms. The van der Waals surface area contributed by atoms with Crippen LogP contribution in [0.1, 0.15) is 13.8 Å². The summed E-state index contributed by atoms with van der Waals surface area (Å²) in [5.41, 5.74) is -1.06. The lowest BCUT2D eigenvalue weighted by Crippen LogP contribution is -2.66. The van der Waals surface area contributed by atoms with Gasteiger partial charge in [0.05, 0.1) is 12.6 Å². The number of nitrogens with zero attached hydrogens (tertiary/aromatic N) is 2. The maximum absolute atomic E-state index is 12.6. The van der Waals surface area contributed by atoms with Gasteiger partial charge in [-0.2, -0.15) is 0 Å².